The molecule has 0 aliphatic carbocycles. The average molecular weight is 360 g/mol. The molecule has 0 spiro atoms. The molecule has 0 radical (unpaired) electrons. The summed E-state index contributed by atoms with van der Waals surface area (Å²) in [4.78, 5) is 19.4. The van der Waals surface area contributed by atoms with Crippen molar-refractivity contribution >= 4 is 28.3 Å². The van der Waals surface area contributed by atoms with E-state index < -0.39 is 5.97 Å². The number of hydrogen-bond acceptors (Lipinski definition) is 3. The first-order chi connectivity index (χ1) is 12.9. The van der Waals surface area contributed by atoms with Crippen molar-refractivity contribution in [3.05, 3.63) is 71.9 Å². The molecule has 0 amide bonds. The fourth-order valence-corrected chi connectivity index (χ4v) is 3.37. The van der Waals surface area contributed by atoms with Crippen LogP contribution in [0.5, 0.6) is 0 Å². The maximum absolute atomic E-state index is 10.7. The number of carboxylic acid groups (broad SMARTS) is 1. The van der Waals surface area contributed by atoms with Gasteiger partial charge in [0.25, 0.3) is 0 Å². The van der Waals surface area contributed by atoms with E-state index in [9.17, 15) is 4.79 Å². The Hall–Kier alpha value is -3.01. The third kappa shape index (κ3) is 4.05. The Morgan fingerprint density at radius 2 is 1.78 bits per heavy atom. The van der Waals surface area contributed by atoms with E-state index in [4.69, 9.17) is 5.11 Å². The van der Waals surface area contributed by atoms with Gasteiger partial charge in [-0.15, -0.1) is 0 Å². The van der Waals surface area contributed by atoms with Gasteiger partial charge in [0.05, 0.1) is 11.2 Å². The van der Waals surface area contributed by atoms with Crippen molar-refractivity contribution in [1.29, 1.82) is 0 Å². The van der Waals surface area contributed by atoms with Gasteiger partial charge in [-0.25, -0.2) is 0 Å². The molecular weight excluding hydrogens is 336 g/mol. The van der Waals surface area contributed by atoms with E-state index in [1.807, 2.05) is 55.6 Å². The van der Waals surface area contributed by atoms with E-state index in [-0.39, 0.29) is 11.8 Å². The zero-order valence-electron chi connectivity index (χ0n) is 15.9. The first-order valence-corrected chi connectivity index (χ1v) is 9.09. The molecule has 27 heavy (non-hydrogen) atoms. The molecule has 1 aromatic heterocycles. The summed E-state index contributed by atoms with van der Waals surface area (Å²) in [6, 6.07) is 18.0. The zero-order valence-corrected chi connectivity index (χ0v) is 15.9. The lowest BCUT2D eigenvalue weighted by Gasteiger charge is -2.23. The number of benzene rings is 2. The van der Waals surface area contributed by atoms with Gasteiger partial charge in [-0.05, 0) is 42.7 Å². The molecule has 2 aromatic carbocycles. The summed E-state index contributed by atoms with van der Waals surface area (Å²) in [5.74, 6) is -0.754. The SMILES string of the molecule is CC1=Nc2cccc(CCC(=O)O)c2C1(C)C.c1ccc2ncccc2c1. The minimum absolute atomic E-state index is 0.0789. The normalized spacial score (nSPS) is 14.1. The molecular formula is C23H24N2O2. The molecule has 3 aromatic rings. The summed E-state index contributed by atoms with van der Waals surface area (Å²) < 4.78 is 0. The first kappa shape index (κ1) is 18.8. The maximum Gasteiger partial charge on any atom is 0.303 e. The number of rotatable bonds is 3. The fraction of sp³-hybridized carbons (Fsp3) is 0.261. The van der Waals surface area contributed by atoms with E-state index >= 15 is 0 Å². The lowest BCUT2D eigenvalue weighted by molar-refractivity contribution is -0.136. The van der Waals surface area contributed by atoms with E-state index in [1.54, 1.807) is 0 Å². The van der Waals surface area contributed by atoms with Gasteiger partial charge in [0, 0.05) is 29.1 Å². The highest BCUT2D eigenvalue weighted by molar-refractivity contribution is 6.00. The molecule has 1 N–H and O–H groups in total. The summed E-state index contributed by atoms with van der Waals surface area (Å²) in [6.07, 6.45) is 2.55. The Morgan fingerprint density at radius 3 is 2.52 bits per heavy atom. The smallest absolute Gasteiger partial charge is 0.303 e. The quantitative estimate of drug-likeness (QED) is 0.687. The van der Waals surface area contributed by atoms with Crippen molar-refractivity contribution in [2.45, 2.75) is 39.0 Å². The predicted octanol–water partition coefficient (Wildman–Crippen LogP) is 5.32. The molecule has 2 heterocycles. The van der Waals surface area contributed by atoms with Gasteiger partial charge in [-0.3, -0.25) is 14.8 Å². The summed E-state index contributed by atoms with van der Waals surface area (Å²) in [5.41, 5.74) is 5.37. The van der Waals surface area contributed by atoms with Crippen LogP contribution in [0.15, 0.2) is 65.8 Å². The highest BCUT2D eigenvalue weighted by atomic mass is 16.4. The van der Waals surface area contributed by atoms with Gasteiger partial charge in [-0.2, -0.15) is 0 Å². The number of aryl methyl sites for hydroxylation is 1. The van der Waals surface area contributed by atoms with Crippen LogP contribution >= 0.6 is 0 Å². The van der Waals surface area contributed by atoms with Gasteiger partial charge in [0.2, 0.25) is 0 Å². The number of aliphatic imine (C=N–C) groups is 1. The number of pyridine rings is 1. The van der Waals surface area contributed by atoms with Gasteiger partial charge >= 0.3 is 5.97 Å². The largest absolute Gasteiger partial charge is 0.481 e. The van der Waals surface area contributed by atoms with Crippen LogP contribution in [-0.4, -0.2) is 21.8 Å². The van der Waals surface area contributed by atoms with Crippen LogP contribution in [0.2, 0.25) is 0 Å². The Bertz CT molecular complexity index is 941. The Kier molecular flexibility index (Phi) is 5.36. The van der Waals surface area contributed by atoms with Gasteiger partial charge in [-0.1, -0.05) is 50.2 Å². The topological polar surface area (TPSA) is 62.5 Å². The van der Waals surface area contributed by atoms with Crippen LogP contribution in [0.3, 0.4) is 0 Å². The van der Waals surface area contributed by atoms with Crippen LogP contribution in [-0.2, 0) is 16.6 Å². The van der Waals surface area contributed by atoms with Crippen molar-refractivity contribution in [3.63, 3.8) is 0 Å². The number of carboxylic acids is 1. The first-order valence-electron chi connectivity index (χ1n) is 9.09. The summed E-state index contributed by atoms with van der Waals surface area (Å²) >= 11 is 0. The molecule has 0 atom stereocenters. The van der Waals surface area contributed by atoms with E-state index in [0.717, 1.165) is 22.5 Å². The van der Waals surface area contributed by atoms with Crippen LogP contribution in [0, 0.1) is 0 Å². The second-order valence-electron chi connectivity index (χ2n) is 7.22. The second-order valence-corrected chi connectivity index (χ2v) is 7.22. The highest BCUT2D eigenvalue weighted by Crippen LogP contribution is 2.42. The number of para-hydroxylation sites is 1. The molecule has 0 fully saturated rings. The number of fused-ring (bicyclic) bond motifs is 2. The number of carbonyl (C=O) groups is 1. The molecule has 0 saturated carbocycles. The minimum Gasteiger partial charge on any atom is -0.481 e. The predicted molar refractivity (Wildman–Crippen MR) is 110 cm³/mol. The third-order valence-electron chi connectivity index (χ3n) is 5.07. The number of nitrogens with zero attached hydrogens (tertiary/aromatic N) is 2. The summed E-state index contributed by atoms with van der Waals surface area (Å²) in [7, 11) is 0. The van der Waals surface area contributed by atoms with Crippen LogP contribution in [0.25, 0.3) is 10.9 Å². The van der Waals surface area contributed by atoms with Crippen molar-refractivity contribution in [3.8, 4) is 0 Å². The molecule has 4 nitrogen and oxygen atoms in total. The molecule has 4 heteroatoms. The maximum atomic E-state index is 10.7. The van der Waals surface area contributed by atoms with Crippen molar-refractivity contribution in [2.24, 2.45) is 4.99 Å². The number of aliphatic carboxylic acids is 1. The molecule has 1 aliphatic heterocycles. The molecule has 1 aliphatic rings. The van der Waals surface area contributed by atoms with Crippen LogP contribution < -0.4 is 0 Å². The Morgan fingerprint density at radius 1 is 1.04 bits per heavy atom. The van der Waals surface area contributed by atoms with E-state index in [2.05, 4.69) is 36.0 Å². The lowest BCUT2D eigenvalue weighted by Crippen LogP contribution is -2.24. The molecule has 0 bridgehead atoms. The van der Waals surface area contributed by atoms with Crippen molar-refractivity contribution in [1.82, 2.24) is 4.98 Å². The number of aromatic nitrogens is 1. The van der Waals surface area contributed by atoms with Crippen molar-refractivity contribution < 1.29 is 9.90 Å². The van der Waals surface area contributed by atoms with Crippen molar-refractivity contribution in [2.75, 3.05) is 0 Å². The summed E-state index contributed by atoms with van der Waals surface area (Å²) in [6.45, 7) is 6.31. The molecule has 0 unspecified atom stereocenters. The molecule has 0 saturated heterocycles. The monoisotopic (exact) mass is 360 g/mol. The Labute approximate surface area is 159 Å². The van der Waals surface area contributed by atoms with Gasteiger partial charge < -0.3 is 5.11 Å². The van der Waals surface area contributed by atoms with Crippen LogP contribution in [0.4, 0.5) is 5.69 Å². The third-order valence-corrected chi connectivity index (χ3v) is 5.07. The lowest BCUT2D eigenvalue weighted by atomic mass is 9.79. The zero-order chi connectivity index (χ0) is 19.4. The van der Waals surface area contributed by atoms with E-state index in [1.165, 1.54) is 10.9 Å². The second kappa shape index (κ2) is 7.70. The molecule has 4 rings (SSSR count). The Balaban J connectivity index is 0.000000177. The number of hydrogen-bond donors (Lipinski definition) is 1. The van der Waals surface area contributed by atoms with E-state index in [0.29, 0.717) is 6.42 Å². The molecule has 138 valence electrons. The minimum atomic E-state index is -0.754. The van der Waals surface area contributed by atoms with Crippen LogP contribution in [0.1, 0.15) is 38.3 Å². The fourth-order valence-electron chi connectivity index (χ4n) is 3.37. The highest BCUT2D eigenvalue weighted by Gasteiger charge is 2.34. The van der Waals surface area contributed by atoms with Gasteiger partial charge in [0.1, 0.15) is 0 Å². The van der Waals surface area contributed by atoms with Gasteiger partial charge in [0.15, 0.2) is 0 Å². The summed E-state index contributed by atoms with van der Waals surface area (Å²) in [5, 5.41) is 9.98. The standard InChI is InChI=1S/C14H17NO2.C9H7N/c1-9-14(2,3)13-10(7-8-12(16)17)5-4-6-11(13)15-9;1-2-6-9-8(4-1)5-3-7-10-9/h4-6H,7-8H2,1-3H3,(H,16,17);1-7H. The average Bonchev–Trinajstić information content (AvgIpc) is 2.90.